The van der Waals surface area contributed by atoms with Crippen molar-refractivity contribution >= 4 is 40.1 Å². The second-order valence-corrected chi connectivity index (χ2v) is 9.60. The van der Waals surface area contributed by atoms with E-state index in [0.29, 0.717) is 18.6 Å². The second-order valence-electron chi connectivity index (χ2n) is 7.51. The molecule has 3 rings (SSSR count). The van der Waals surface area contributed by atoms with E-state index in [0.717, 1.165) is 33.5 Å². The van der Waals surface area contributed by atoms with Crippen molar-refractivity contribution < 1.29 is 19.1 Å². The zero-order valence-electron chi connectivity index (χ0n) is 18.5. The highest BCUT2D eigenvalue weighted by atomic mass is 32.2. The summed E-state index contributed by atoms with van der Waals surface area (Å²) >= 11 is 2.67. The molecule has 1 heterocycles. The van der Waals surface area contributed by atoms with Crippen LogP contribution in [0.1, 0.15) is 18.1 Å². The van der Waals surface area contributed by atoms with Crippen LogP contribution in [0.15, 0.2) is 66.2 Å². The third kappa shape index (κ3) is 7.54. The molecule has 0 spiro atoms. The largest absolute Gasteiger partial charge is 0.467 e. The standard InChI is InChI=1S/C25H26N2O4S2/c1-17(28)33-16-21(14-18-6-4-3-5-7-18)23(29)27-22(25(30)31-2)15-19-8-10-20(11-9-19)24-26-12-13-32-24/h3-13,21-22H,14-16H2,1-2H3,(H,27,29)/t21-,22+/m1/s1. The van der Waals surface area contributed by atoms with Crippen LogP contribution in [0.2, 0.25) is 0 Å². The number of thiazole rings is 1. The number of esters is 1. The minimum absolute atomic E-state index is 0.0503. The number of nitrogens with one attached hydrogen (secondary N) is 1. The molecule has 0 unspecified atom stereocenters. The first kappa shape index (κ1) is 24.7. The van der Waals surface area contributed by atoms with Gasteiger partial charge in [-0.2, -0.15) is 0 Å². The summed E-state index contributed by atoms with van der Waals surface area (Å²) in [5.74, 6) is -0.903. The molecule has 3 aromatic rings. The first-order valence-electron chi connectivity index (χ1n) is 10.5. The van der Waals surface area contributed by atoms with E-state index in [1.807, 2.05) is 60.0 Å². The molecule has 0 aliphatic rings. The van der Waals surface area contributed by atoms with Crippen LogP contribution in [-0.4, -0.2) is 40.9 Å². The molecule has 1 amide bonds. The maximum absolute atomic E-state index is 13.1. The number of rotatable bonds is 10. The molecule has 6 nitrogen and oxygen atoms in total. The van der Waals surface area contributed by atoms with Gasteiger partial charge in [0.15, 0.2) is 5.12 Å². The summed E-state index contributed by atoms with van der Waals surface area (Å²) < 4.78 is 4.94. The van der Waals surface area contributed by atoms with Gasteiger partial charge in [0.25, 0.3) is 0 Å². The van der Waals surface area contributed by atoms with Gasteiger partial charge in [-0.3, -0.25) is 9.59 Å². The quantitative estimate of drug-likeness (QED) is 0.437. The third-order valence-electron chi connectivity index (χ3n) is 5.06. The summed E-state index contributed by atoms with van der Waals surface area (Å²) in [5, 5.41) is 5.65. The number of ether oxygens (including phenoxy) is 1. The molecule has 0 radical (unpaired) electrons. The fraction of sp³-hybridized carbons (Fsp3) is 0.280. The fourth-order valence-corrected chi connectivity index (χ4v) is 4.70. The van der Waals surface area contributed by atoms with Crippen LogP contribution in [0.5, 0.6) is 0 Å². The molecule has 0 saturated heterocycles. The number of methoxy groups -OCH3 is 1. The Morgan fingerprint density at radius 2 is 1.73 bits per heavy atom. The number of amides is 1. The fourth-order valence-electron chi connectivity index (χ4n) is 3.35. The maximum atomic E-state index is 13.1. The summed E-state index contributed by atoms with van der Waals surface area (Å²) in [7, 11) is 1.31. The van der Waals surface area contributed by atoms with Crippen molar-refractivity contribution in [2.75, 3.05) is 12.9 Å². The number of aromatic nitrogens is 1. The predicted octanol–water partition coefficient (Wildman–Crippen LogP) is 4.15. The summed E-state index contributed by atoms with van der Waals surface area (Å²) in [6, 6.07) is 16.5. The normalized spacial score (nSPS) is 12.5. The summed E-state index contributed by atoms with van der Waals surface area (Å²) in [5.41, 5.74) is 2.88. The Balaban J connectivity index is 1.71. The molecule has 0 fully saturated rings. The molecule has 33 heavy (non-hydrogen) atoms. The Kier molecular flexibility index (Phi) is 9.21. The molecule has 0 bridgehead atoms. The Bertz CT molecular complexity index is 1050. The SMILES string of the molecule is COC(=O)[C@H](Cc1ccc(-c2nccs2)cc1)NC(=O)[C@@H](CSC(C)=O)Cc1ccccc1. The zero-order chi connectivity index (χ0) is 23.6. The topological polar surface area (TPSA) is 85.4 Å². The van der Waals surface area contributed by atoms with Gasteiger partial charge in [-0.25, -0.2) is 9.78 Å². The van der Waals surface area contributed by atoms with Gasteiger partial charge in [0.1, 0.15) is 11.0 Å². The Morgan fingerprint density at radius 1 is 1.03 bits per heavy atom. The van der Waals surface area contributed by atoms with E-state index in [2.05, 4.69) is 10.3 Å². The number of hydrogen-bond donors (Lipinski definition) is 1. The molecular formula is C25H26N2O4S2. The van der Waals surface area contributed by atoms with Crippen molar-refractivity contribution in [1.29, 1.82) is 0 Å². The van der Waals surface area contributed by atoms with Crippen LogP contribution < -0.4 is 5.32 Å². The van der Waals surface area contributed by atoms with Crippen LogP contribution >= 0.6 is 23.1 Å². The van der Waals surface area contributed by atoms with Gasteiger partial charge >= 0.3 is 5.97 Å². The number of carbonyl (C=O) groups excluding carboxylic acids is 3. The Hall–Kier alpha value is -2.97. The number of nitrogens with zero attached hydrogens (tertiary/aromatic N) is 1. The highest BCUT2D eigenvalue weighted by molar-refractivity contribution is 8.13. The van der Waals surface area contributed by atoms with Gasteiger partial charge in [-0.05, 0) is 17.5 Å². The highest BCUT2D eigenvalue weighted by Gasteiger charge is 2.27. The predicted molar refractivity (Wildman–Crippen MR) is 132 cm³/mol. The summed E-state index contributed by atoms with van der Waals surface area (Å²) in [6.07, 6.45) is 2.53. The third-order valence-corrected chi connectivity index (χ3v) is 6.86. The lowest BCUT2D eigenvalue weighted by molar-refractivity contribution is -0.145. The van der Waals surface area contributed by atoms with Gasteiger partial charge < -0.3 is 10.1 Å². The van der Waals surface area contributed by atoms with Crippen molar-refractivity contribution in [2.45, 2.75) is 25.8 Å². The number of carbonyl (C=O) groups is 3. The van der Waals surface area contributed by atoms with Gasteiger partial charge in [-0.1, -0.05) is 66.4 Å². The number of hydrogen-bond acceptors (Lipinski definition) is 7. The Morgan fingerprint density at radius 3 is 2.33 bits per heavy atom. The van der Waals surface area contributed by atoms with E-state index in [-0.39, 0.29) is 11.0 Å². The van der Waals surface area contributed by atoms with Crippen LogP contribution in [0.25, 0.3) is 10.6 Å². The van der Waals surface area contributed by atoms with E-state index in [4.69, 9.17) is 4.74 Å². The van der Waals surface area contributed by atoms with Crippen molar-refractivity contribution in [3.63, 3.8) is 0 Å². The van der Waals surface area contributed by atoms with Crippen LogP contribution in [0.3, 0.4) is 0 Å². The lowest BCUT2D eigenvalue weighted by atomic mass is 9.98. The van der Waals surface area contributed by atoms with Crippen molar-refractivity contribution in [1.82, 2.24) is 10.3 Å². The van der Waals surface area contributed by atoms with E-state index in [9.17, 15) is 14.4 Å². The number of thioether (sulfide) groups is 1. The van der Waals surface area contributed by atoms with Crippen molar-refractivity contribution in [3.05, 3.63) is 77.3 Å². The molecule has 0 saturated carbocycles. The monoisotopic (exact) mass is 482 g/mol. The molecule has 2 aromatic carbocycles. The van der Waals surface area contributed by atoms with Gasteiger partial charge in [0.05, 0.1) is 13.0 Å². The molecule has 8 heteroatoms. The lowest BCUT2D eigenvalue weighted by Gasteiger charge is -2.21. The van der Waals surface area contributed by atoms with E-state index < -0.39 is 17.9 Å². The first-order valence-corrected chi connectivity index (χ1v) is 12.4. The second kappa shape index (κ2) is 12.3. The smallest absolute Gasteiger partial charge is 0.328 e. The van der Waals surface area contributed by atoms with E-state index >= 15 is 0 Å². The molecule has 0 aliphatic carbocycles. The molecule has 0 aliphatic heterocycles. The van der Waals surface area contributed by atoms with Crippen LogP contribution in [0.4, 0.5) is 0 Å². The first-order chi connectivity index (χ1) is 16.0. The van der Waals surface area contributed by atoms with Gasteiger partial charge in [-0.15, -0.1) is 11.3 Å². The maximum Gasteiger partial charge on any atom is 0.328 e. The molecule has 2 atom stereocenters. The lowest BCUT2D eigenvalue weighted by Crippen LogP contribution is -2.46. The minimum atomic E-state index is -0.825. The van der Waals surface area contributed by atoms with Crippen molar-refractivity contribution in [2.24, 2.45) is 5.92 Å². The average molecular weight is 483 g/mol. The molecule has 1 aromatic heterocycles. The summed E-state index contributed by atoms with van der Waals surface area (Å²) in [4.78, 5) is 41.4. The minimum Gasteiger partial charge on any atom is -0.467 e. The molecule has 172 valence electrons. The van der Waals surface area contributed by atoms with E-state index in [1.54, 1.807) is 17.5 Å². The Labute approximate surface area is 201 Å². The number of benzene rings is 2. The van der Waals surface area contributed by atoms with Crippen LogP contribution in [-0.2, 0) is 32.0 Å². The van der Waals surface area contributed by atoms with Gasteiger partial charge in [0, 0.05) is 36.2 Å². The summed E-state index contributed by atoms with van der Waals surface area (Å²) in [6.45, 7) is 1.48. The highest BCUT2D eigenvalue weighted by Crippen LogP contribution is 2.22. The zero-order valence-corrected chi connectivity index (χ0v) is 20.2. The average Bonchev–Trinajstić information content (AvgIpc) is 3.36. The van der Waals surface area contributed by atoms with Crippen molar-refractivity contribution in [3.8, 4) is 10.6 Å². The molecular weight excluding hydrogens is 456 g/mol. The molecule has 1 N–H and O–H groups in total. The van der Waals surface area contributed by atoms with Crippen LogP contribution in [0, 0.1) is 5.92 Å². The van der Waals surface area contributed by atoms with E-state index in [1.165, 1.54) is 14.0 Å². The van der Waals surface area contributed by atoms with Gasteiger partial charge in [0.2, 0.25) is 5.91 Å².